The molecule has 2 aromatic rings. The number of benzene rings is 1. The number of unbranched alkanes of at least 4 members (excludes halogenated alkanes) is 1. The Bertz CT molecular complexity index is 563. The molecule has 1 aromatic carbocycles. The van der Waals surface area contributed by atoms with Crippen molar-refractivity contribution in [2.75, 3.05) is 6.61 Å². The summed E-state index contributed by atoms with van der Waals surface area (Å²) in [4.78, 5) is 16.3. The first kappa shape index (κ1) is 12.6. The molecule has 3 heteroatoms. The molecule has 0 spiro atoms. The number of carbonyl (C=O) groups is 1. The third-order valence-corrected chi connectivity index (χ3v) is 2.94. The summed E-state index contributed by atoms with van der Waals surface area (Å²) in [6.45, 7) is 4.55. The monoisotopic (exact) mass is 243 g/mol. The Morgan fingerprint density at radius 2 is 2.17 bits per heavy atom. The fraction of sp³-hybridized carbons (Fsp3) is 0.333. The molecule has 0 amide bonds. The summed E-state index contributed by atoms with van der Waals surface area (Å²) < 4.78 is 5.24. The highest BCUT2D eigenvalue weighted by molar-refractivity contribution is 6.03. The number of rotatable bonds is 4. The Morgan fingerprint density at radius 1 is 1.33 bits per heavy atom. The maximum absolute atomic E-state index is 12.0. The number of aryl methyl sites for hydroxylation is 1. The van der Waals surface area contributed by atoms with Gasteiger partial charge < -0.3 is 4.74 Å². The van der Waals surface area contributed by atoms with E-state index in [1.165, 1.54) is 0 Å². The molecule has 0 N–H and O–H groups in total. The number of hydrogen-bond donors (Lipinski definition) is 0. The molecule has 18 heavy (non-hydrogen) atoms. The molecule has 0 aliphatic rings. The Balaban J connectivity index is 2.33. The largest absolute Gasteiger partial charge is 0.462 e. The summed E-state index contributed by atoms with van der Waals surface area (Å²) in [6.07, 6.45) is 3.60. The summed E-state index contributed by atoms with van der Waals surface area (Å²) in [5.74, 6) is -0.285. The lowest BCUT2D eigenvalue weighted by atomic mass is 10.1. The van der Waals surface area contributed by atoms with Crippen molar-refractivity contribution in [2.45, 2.75) is 26.7 Å². The van der Waals surface area contributed by atoms with Crippen LogP contribution in [0.1, 0.15) is 35.7 Å². The summed E-state index contributed by atoms with van der Waals surface area (Å²) in [5, 5.41) is 1.00. The van der Waals surface area contributed by atoms with E-state index in [0.717, 1.165) is 29.3 Å². The fourth-order valence-corrected chi connectivity index (χ4v) is 1.87. The average Bonchev–Trinajstić information content (AvgIpc) is 2.39. The summed E-state index contributed by atoms with van der Waals surface area (Å²) in [5.41, 5.74) is 2.38. The molecule has 1 aromatic heterocycles. The molecular formula is C15H17NO2. The van der Waals surface area contributed by atoms with Gasteiger partial charge >= 0.3 is 5.97 Å². The number of aromatic nitrogens is 1. The SMILES string of the molecule is CCCCOC(=O)c1ccc(C)c2cccnc12. The quantitative estimate of drug-likeness (QED) is 0.609. The molecule has 0 bridgehead atoms. The second kappa shape index (κ2) is 5.63. The number of nitrogens with zero attached hydrogens (tertiary/aromatic N) is 1. The Morgan fingerprint density at radius 3 is 2.94 bits per heavy atom. The number of carbonyl (C=O) groups excluding carboxylic acids is 1. The predicted octanol–water partition coefficient (Wildman–Crippen LogP) is 3.50. The third kappa shape index (κ3) is 2.50. The van der Waals surface area contributed by atoms with Crippen molar-refractivity contribution >= 4 is 16.9 Å². The van der Waals surface area contributed by atoms with Crippen LogP contribution in [0.2, 0.25) is 0 Å². The average molecular weight is 243 g/mol. The van der Waals surface area contributed by atoms with Gasteiger partial charge in [-0.1, -0.05) is 25.5 Å². The second-order valence-corrected chi connectivity index (χ2v) is 4.32. The molecule has 0 saturated heterocycles. The molecule has 0 saturated carbocycles. The van der Waals surface area contributed by atoms with Crippen LogP contribution in [0.25, 0.3) is 10.9 Å². The van der Waals surface area contributed by atoms with E-state index in [4.69, 9.17) is 4.74 Å². The van der Waals surface area contributed by atoms with Crippen molar-refractivity contribution in [3.05, 3.63) is 41.6 Å². The molecule has 0 aliphatic heterocycles. The number of esters is 1. The standard InChI is InChI=1S/C15H17NO2/c1-3-4-10-18-15(17)13-8-7-11(2)12-6-5-9-16-14(12)13/h5-9H,3-4,10H2,1-2H3. The molecular weight excluding hydrogens is 226 g/mol. The first-order valence-corrected chi connectivity index (χ1v) is 6.25. The number of fused-ring (bicyclic) bond motifs is 1. The van der Waals surface area contributed by atoms with Crippen LogP contribution in [0.15, 0.2) is 30.5 Å². The van der Waals surface area contributed by atoms with Crippen LogP contribution in [0, 0.1) is 6.92 Å². The highest BCUT2D eigenvalue weighted by Crippen LogP contribution is 2.20. The topological polar surface area (TPSA) is 39.2 Å². The van der Waals surface area contributed by atoms with Gasteiger partial charge in [0, 0.05) is 11.6 Å². The van der Waals surface area contributed by atoms with Crippen molar-refractivity contribution < 1.29 is 9.53 Å². The van der Waals surface area contributed by atoms with Crippen LogP contribution in [0.4, 0.5) is 0 Å². The molecule has 0 atom stereocenters. The van der Waals surface area contributed by atoms with Crippen molar-refractivity contribution in [3.63, 3.8) is 0 Å². The maximum atomic E-state index is 12.0. The molecule has 0 unspecified atom stereocenters. The number of hydrogen-bond acceptors (Lipinski definition) is 3. The summed E-state index contributed by atoms with van der Waals surface area (Å²) in [7, 11) is 0. The van der Waals surface area contributed by atoms with Gasteiger partial charge in [0.25, 0.3) is 0 Å². The van der Waals surface area contributed by atoms with Gasteiger partial charge in [0.2, 0.25) is 0 Å². The van der Waals surface area contributed by atoms with Crippen LogP contribution >= 0.6 is 0 Å². The van der Waals surface area contributed by atoms with E-state index in [1.807, 2.05) is 25.1 Å². The number of ether oxygens (including phenoxy) is 1. The van der Waals surface area contributed by atoms with Crippen LogP contribution < -0.4 is 0 Å². The molecule has 3 nitrogen and oxygen atoms in total. The lowest BCUT2D eigenvalue weighted by Gasteiger charge is -2.08. The zero-order valence-corrected chi connectivity index (χ0v) is 10.8. The minimum absolute atomic E-state index is 0.285. The fourth-order valence-electron chi connectivity index (χ4n) is 1.87. The lowest BCUT2D eigenvalue weighted by molar-refractivity contribution is 0.0502. The Labute approximate surface area is 107 Å². The highest BCUT2D eigenvalue weighted by Gasteiger charge is 2.13. The van der Waals surface area contributed by atoms with Gasteiger partial charge in [0.15, 0.2) is 0 Å². The minimum atomic E-state index is -0.285. The van der Waals surface area contributed by atoms with Crippen LogP contribution in [0.5, 0.6) is 0 Å². The van der Waals surface area contributed by atoms with Gasteiger partial charge in [-0.25, -0.2) is 4.79 Å². The van der Waals surface area contributed by atoms with E-state index in [1.54, 1.807) is 12.3 Å². The van der Waals surface area contributed by atoms with Gasteiger partial charge in [0.1, 0.15) is 0 Å². The van der Waals surface area contributed by atoms with Crippen LogP contribution in [-0.4, -0.2) is 17.6 Å². The van der Waals surface area contributed by atoms with Gasteiger partial charge in [0.05, 0.1) is 17.7 Å². The molecule has 0 aliphatic carbocycles. The number of pyridine rings is 1. The summed E-state index contributed by atoms with van der Waals surface area (Å²) in [6, 6.07) is 7.57. The van der Waals surface area contributed by atoms with Crippen molar-refractivity contribution in [1.82, 2.24) is 4.98 Å². The van der Waals surface area contributed by atoms with Crippen molar-refractivity contribution in [1.29, 1.82) is 0 Å². The predicted molar refractivity (Wildman–Crippen MR) is 71.7 cm³/mol. The minimum Gasteiger partial charge on any atom is -0.462 e. The smallest absolute Gasteiger partial charge is 0.340 e. The maximum Gasteiger partial charge on any atom is 0.340 e. The van der Waals surface area contributed by atoms with Gasteiger partial charge in [-0.2, -0.15) is 0 Å². The van der Waals surface area contributed by atoms with E-state index in [0.29, 0.717) is 12.2 Å². The van der Waals surface area contributed by atoms with Crippen LogP contribution in [0.3, 0.4) is 0 Å². The molecule has 94 valence electrons. The first-order chi connectivity index (χ1) is 8.74. The van der Waals surface area contributed by atoms with E-state index in [9.17, 15) is 4.79 Å². The third-order valence-electron chi connectivity index (χ3n) is 2.94. The van der Waals surface area contributed by atoms with Crippen molar-refractivity contribution in [2.24, 2.45) is 0 Å². The Hall–Kier alpha value is -1.90. The van der Waals surface area contributed by atoms with Gasteiger partial charge in [-0.15, -0.1) is 0 Å². The second-order valence-electron chi connectivity index (χ2n) is 4.32. The first-order valence-electron chi connectivity index (χ1n) is 6.25. The van der Waals surface area contributed by atoms with Crippen LogP contribution in [-0.2, 0) is 4.74 Å². The zero-order valence-electron chi connectivity index (χ0n) is 10.8. The van der Waals surface area contributed by atoms with E-state index >= 15 is 0 Å². The van der Waals surface area contributed by atoms with Gasteiger partial charge in [-0.05, 0) is 31.0 Å². The summed E-state index contributed by atoms with van der Waals surface area (Å²) >= 11 is 0. The zero-order chi connectivity index (χ0) is 13.0. The van der Waals surface area contributed by atoms with E-state index in [2.05, 4.69) is 11.9 Å². The van der Waals surface area contributed by atoms with E-state index in [-0.39, 0.29) is 5.97 Å². The lowest BCUT2D eigenvalue weighted by Crippen LogP contribution is -2.07. The van der Waals surface area contributed by atoms with E-state index < -0.39 is 0 Å². The molecule has 2 rings (SSSR count). The van der Waals surface area contributed by atoms with Crippen molar-refractivity contribution in [3.8, 4) is 0 Å². The normalized spacial score (nSPS) is 10.6. The Kier molecular flexibility index (Phi) is 3.92. The van der Waals surface area contributed by atoms with Gasteiger partial charge in [-0.3, -0.25) is 4.98 Å². The molecule has 0 radical (unpaired) electrons. The molecule has 0 fully saturated rings. The highest BCUT2D eigenvalue weighted by atomic mass is 16.5. The molecule has 1 heterocycles.